The van der Waals surface area contributed by atoms with Crippen LogP contribution in [0.3, 0.4) is 0 Å². The molecule has 0 radical (unpaired) electrons. The number of benzene rings is 1. The fourth-order valence-corrected chi connectivity index (χ4v) is 3.21. The normalized spacial score (nSPS) is 16.8. The second-order valence-corrected chi connectivity index (χ2v) is 7.28. The van der Waals surface area contributed by atoms with E-state index in [0.29, 0.717) is 50.3 Å². The van der Waals surface area contributed by atoms with Gasteiger partial charge in [0, 0.05) is 32.2 Å². The first kappa shape index (κ1) is 21.2. The van der Waals surface area contributed by atoms with Crippen molar-refractivity contribution in [3.05, 3.63) is 54.0 Å². The number of nitrogens with one attached hydrogen (secondary N) is 1. The number of furan rings is 1. The summed E-state index contributed by atoms with van der Waals surface area (Å²) in [6.45, 7) is 3.24. The van der Waals surface area contributed by atoms with Gasteiger partial charge < -0.3 is 19.4 Å². The van der Waals surface area contributed by atoms with Crippen LogP contribution in [-0.2, 0) is 11.4 Å². The molecule has 1 saturated heterocycles. The number of rotatable bonds is 7. The van der Waals surface area contributed by atoms with Gasteiger partial charge in [0.25, 0.3) is 5.91 Å². The Morgan fingerprint density at radius 1 is 1.03 bits per heavy atom. The predicted octanol–water partition coefficient (Wildman–Crippen LogP) is 2.32. The van der Waals surface area contributed by atoms with Gasteiger partial charge in [-0.1, -0.05) is 18.2 Å². The molecule has 2 aromatic rings. The molecule has 8 heteroatoms. The fourth-order valence-electron chi connectivity index (χ4n) is 3.21. The molecule has 7 nitrogen and oxygen atoms in total. The van der Waals surface area contributed by atoms with Crippen molar-refractivity contribution in [2.75, 3.05) is 32.7 Å². The number of para-hydroxylation sites is 1. The summed E-state index contributed by atoms with van der Waals surface area (Å²) >= 11 is 0. The molecule has 1 aliphatic heterocycles. The van der Waals surface area contributed by atoms with Gasteiger partial charge in [-0.15, -0.1) is 12.4 Å². The third-order valence-electron chi connectivity index (χ3n) is 4.97. The molecule has 2 heterocycles. The number of carbonyl (C=O) groups is 2. The highest BCUT2D eigenvalue weighted by Crippen LogP contribution is 2.19. The van der Waals surface area contributed by atoms with Crippen LogP contribution >= 0.6 is 12.4 Å². The first-order valence-corrected chi connectivity index (χ1v) is 9.75. The molecule has 29 heavy (non-hydrogen) atoms. The lowest BCUT2D eigenvalue weighted by molar-refractivity contribution is -0.122. The van der Waals surface area contributed by atoms with Gasteiger partial charge in [0.1, 0.15) is 18.1 Å². The molecule has 2 amide bonds. The topological polar surface area (TPSA) is 75.0 Å². The van der Waals surface area contributed by atoms with E-state index in [1.165, 1.54) is 0 Å². The van der Waals surface area contributed by atoms with Crippen LogP contribution in [0.5, 0.6) is 5.75 Å². The first-order valence-electron chi connectivity index (χ1n) is 9.75. The van der Waals surface area contributed by atoms with Gasteiger partial charge in [-0.2, -0.15) is 0 Å². The Bertz CT molecular complexity index is 814. The Kier molecular flexibility index (Phi) is 7.17. The molecule has 1 aromatic heterocycles. The molecule has 1 aliphatic carbocycles. The van der Waals surface area contributed by atoms with Crippen LogP contribution in [0, 0.1) is 0 Å². The summed E-state index contributed by atoms with van der Waals surface area (Å²) < 4.78 is 11.3. The maximum absolute atomic E-state index is 12.7. The van der Waals surface area contributed by atoms with Crippen LogP contribution < -0.4 is 10.1 Å². The van der Waals surface area contributed by atoms with Gasteiger partial charge in [-0.25, -0.2) is 0 Å². The van der Waals surface area contributed by atoms with Crippen molar-refractivity contribution in [3.8, 4) is 5.75 Å². The van der Waals surface area contributed by atoms with E-state index >= 15 is 0 Å². The van der Waals surface area contributed by atoms with Gasteiger partial charge in [0.15, 0.2) is 5.76 Å². The van der Waals surface area contributed by atoms with Crippen molar-refractivity contribution in [3.63, 3.8) is 0 Å². The van der Waals surface area contributed by atoms with Crippen LogP contribution in [0.2, 0.25) is 0 Å². The molecular formula is C21H26ClN3O4. The van der Waals surface area contributed by atoms with E-state index in [0.717, 1.165) is 18.6 Å². The van der Waals surface area contributed by atoms with Crippen molar-refractivity contribution >= 4 is 24.2 Å². The average Bonchev–Trinajstić information content (AvgIpc) is 3.40. The van der Waals surface area contributed by atoms with Gasteiger partial charge in [-0.3, -0.25) is 14.5 Å². The minimum absolute atomic E-state index is 0. The molecule has 2 fully saturated rings. The summed E-state index contributed by atoms with van der Waals surface area (Å²) in [5, 5.41) is 3.00. The fraction of sp³-hybridized carbons (Fsp3) is 0.429. The summed E-state index contributed by atoms with van der Waals surface area (Å²) in [7, 11) is 0. The molecule has 0 atom stereocenters. The zero-order valence-electron chi connectivity index (χ0n) is 16.2. The lowest BCUT2D eigenvalue weighted by Gasteiger charge is -2.33. The summed E-state index contributed by atoms with van der Waals surface area (Å²) in [5.74, 6) is 1.66. The molecule has 0 bridgehead atoms. The Morgan fingerprint density at radius 3 is 2.45 bits per heavy atom. The molecular weight excluding hydrogens is 394 g/mol. The van der Waals surface area contributed by atoms with E-state index in [1.807, 2.05) is 30.3 Å². The van der Waals surface area contributed by atoms with Crippen molar-refractivity contribution in [2.45, 2.75) is 25.5 Å². The Labute approximate surface area is 176 Å². The number of carbonyl (C=O) groups excluding carboxylic acids is 2. The summed E-state index contributed by atoms with van der Waals surface area (Å²) in [6, 6.07) is 13.3. The number of hydrogen-bond donors (Lipinski definition) is 1. The van der Waals surface area contributed by atoms with Crippen molar-refractivity contribution in [1.82, 2.24) is 15.1 Å². The molecule has 4 rings (SSSR count). The van der Waals surface area contributed by atoms with Crippen LogP contribution in [0.4, 0.5) is 0 Å². The molecule has 1 aromatic carbocycles. The number of hydrogen-bond acceptors (Lipinski definition) is 5. The van der Waals surface area contributed by atoms with E-state index in [-0.39, 0.29) is 30.8 Å². The lowest BCUT2D eigenvalue weighted by atomic mass is 10.3. The van der Waals surface area contributed by atoms with E-state index in [2.05, 4.69) is 10.2 Å². The van der Waals surface area contributed by atoms with Crippen molar-refractivity contribution < 1.29 is 18.7 Å². The smallest absolute Gasteiger partial charge is 0.289 e. The Balaban J connectivity index is 0.00000240. The largest absolute Gasteiger partial charge is 0.486 e. The SMILES string of the molecule is Cl.O=C(CN1CCN(C(=O)c2ccc(COc3ccccc3)o2)CC1)NC1CC1. The Morgan fingerprint density at radius 2 is 1.76 bits per heavy atom. The molecule has 0 spiro atoms. The number of amides is 2. The third kappa shape index (κ3) is 5.98. The standard InChI is InChI=1S/C21H25N3O4.ClH/c25-20(22-16-6-7-16)14-23-10-12-24(13-11-23)21(26)19-9-8-18(28-19)15-27-17-4-2-1-3-5-17;/h1-5,8-9,16H,6-7,10-15H2,(H,22,25);1H. The maximum Gasteiger partial charge on any atom is 0.289 e. The summed E-state index contributed by atoms with van der Waals surface area (Å²) in [5.41, 5.74) is 0. The summed E-state index contributed by atoms with van der Waals surface area (Å²) in [4.78, 5) is 28.4. The minimum atomic E-state index is -0.118. The third-order valence-corrected chi connectivity index (χ3v) is 4.97. The van der Waals surface area contributed by atoms with E-state index in [9.17, 15) is 9.59 Å². The van der Waals surface area contributed by atoms with E-state index < -0.39 is 0 Å². The maximum atomic E-state index is 12.7. The highest BCUT2D eigenvalue weighted by atomic mass is 35.5. The van der Waals surface area contributed by atoms with Gasteiger partial charge in [-0.05, 0) is 37.1 Å². The monoisotopic (exact) mass is 419 g/mol. The van der Waals surface area contributed by atoms with Crippen molar-refractivity contribution in [1.29, 1.82) is 0 Å². The number of nitrogens with zero attached hydrogens (tertiary/aromatic N) is 2. The molecule has 2 aliphatic rings. The quantitative estimate of drug-likeness (QED) is 0.745. The molecule has 1 N–H and O–H groups in total. The van der Waals surface area contributed by atoms with Crippen molar-refractivity contribution in [2.24, 2.45) is 0 Å². The highest BCUT2D eigenvalue weighted by Gasteiger charge is 2.27. The van der Waals surface area contributed by atoms with Gasteiger partial charge in [0.05, 0.1) is 6.54 Å². The van der Waals surface area contributed by atoms with Crippen LogP contribution in [0.1, 0.15) is 29.2 Å². The number of piperazine rings is 1. The predicted molar refractivity (Wildman–Crippen MR) is 110 cm³/mol. The Hall–Kier alpha value is -2.51. The lowest BCUT2D eigenvalue weighted by Crippen LogP contribution is -2.51. The first-order chi connectivity index (χ1) is 13.7. The number of halogens is 1. The van der Waals surface area contributed by atoms with E-state index in [4.69, 9.17) is 9.15 Å². The molecule has 0 unspecified atom stereocenters. The van der Waals surface area contributed by atoms with Gasteiger partial charge in [0.2, 0.25) is 5.91 Å². The molecule has 156 valence electrons. The van der Waals surface area contributed by atoms with Crippen LogP contribution in [0.15, 0.2) is 46.9 Å². The second-order valence-electron chi connectivity index (χ2n) is 7.28. The zero-order valence-corrected chi connectivity index (χ0v) is 17.0. The molecule has 1 saturated carbocycles. The summed E-state index contributed by atoms with van der Waals surface area (Å²) in [6.07, 6.45) is 2.19. The zero-order chi connectivity index (χ0) is 19.3. The van der Waals surface area contributed by atoms with E-state index in [1.54, 1.807) is 17.0 Å². The van der Waals surface area contributed by atoms with Crippen LogP contribution in [-0.4, -0.2) is 60.4 Å². The average molecular weight is 420 g/mol. The number of ether oxygens (including phenoxy) is 1. The second kappa shape index (κ2) is 9.80. The van der Waals surface area contributed by atoms with Gasteiger partial charge >= 0.3 is 0 Å². The van der Waals surface area contributed by atoms with Crippen LogP contribution in [0.25, 0.3) is 0 Å². The highest BCUT2D eigenvalue weighted by molar-refractivity contribution is 5.91. The minimum Gasteiger partial charge on any atom is -0.486 e.